The van der Waals surface area contributed by atoms with Gasteiger partial charge in [0.25, 0.3) is 0 Å². The summed E-state index contributed by atoms with van der Waals surface area (Å²) in [5, 5.41) is 5.16. The van der Waals surface area contributed by atoms with Gasteiger partial charge in [0.15, 0.2) is 0 Å². The molecule has 0 saturated heterocycles. The zero-order chi connectivity index (χ0) is 17.2. The summed E-state index contributed by atoms with van der Waals surface area (Å²) in [7, 11) is 1.66. The zero-order valence-corrected chi connectivity index (χ0v) is 14.0. The number of nitrogens with one attached hydrogen (secondary N) is 2. The van der Waals surface area contributed by atoms with Crippen LogP contribution in [0.1, 0.15) is 6.42 Å². The lowest BCUT2D eigenvalue weighted by molar-refractivity contribution is -0.116. The number of hydrogen-bond acceptors (Lipinski definition) is 2. The number of anilines is 1. The van der Waals surface area contributed by atoms with E-state index < -0.39 is 0 Å². The van der Waals surface area contributed by atoms with Crippen LogP contribution in [0.15, 0.2) is 60.9 Å². The molecule has 0 spiro atoms. The Kier molecular flexibility index (Phi) is 3.90. The fourth-order valence-electron chi connectivity index (χ4n) is 3.08. The number of benzene rings is 2. The summed E-state index contributed by atoms with van der Waals surface area (Å²) < 4.78 is 7.33. The van der Waals surface area contributed by atoms with E-state index in [1.54, 1.807) is 7.11 Å². The summed E-state index contributed by atoms with van der Waals surface area (Å²) in [6, 6.07) is 15.8. The number of fused-ring (bicyclic) bond motifs is 2. The molecule has 0 aliphatic rings. The SMILES string of the molecule is COc1ccc2c(ccn2CCC(=O)Nc2ccc3[nH]ccc3c2)c1. The van der Waals surface area contributed by atoms with Crippen molar-refractivity contribution in [1.82, 2.24) is 9.55 Å². The molecule has 5 nitrogen and oxygen atoms in total. The summed E-state index contributed by atoms with van der Waals surface area (Å²) in [6.07, 6.45) is 4.31. The Morgan fingerprint density at radius 2 is 2.04 bits per heavy atom. The van der Waals surface area contributed by atoms with Gasteiger partial charge >= 0.3 is 0 Å². The number of aryl methyl sites for hydroxylation is 1. The molecule has 4 rings (SSSR count). The molecule has 2 N–H and O–H groups in total. The molecule has 0 aliphatic heterocycles. The van der Waals surface area contributed by atoms with E-state index in [4.69, 9.17) is 4.74 Å². The van der Waals surface area contributed by atoms with Gasteiger partial charge in [0, 0.05) is 52.9 Å². The van der Waals surface area contributed by atoms with Crippen LogP contribution in [0.5, 0.6) is 5.75 Å². The van der Waals surface area contributed by atoms with Crippen LogP contribution in [0, 0.1) is 0 Å². The number of aromatic amines is 1. The van der Waals surface area contributed by atoms with E-state index in [0.29, 0.717) is 13.0 Å². The molecule has 126 valence electrons. The number of amides is 1. The van der Waals surface area contributed by atoms with E-state index in [-0.39, 0.29) is 5.91 Å². The van der Waals surface area contributed by atoms with Gasteiger partial charge in [-0.15, -0.1) is 0 Å². The van der Waals surface area contributed by atoms with Gasteiger partial charge in [-0.1, -0.05) is 0 Å². The fourth-order valence-corrected chi connectivity index (χ4v) is 3.08. The maximum Gasteiger partial charge on any atom is 0.226 e. The number of methoxy groups -OCH3 is 1. The molecule has 2 heterocycles. The molecule has 0 radical (unpaired) electrons. The molecule has 0 saturated carbocycles. The highest BCUT2D eigenvalue weighted by atomic mass is 16.5. The number of nitrogens with zero attached hydrogens (tertiary/aromatic N) is 1. The minimum absolute atomic E-state index is 0.00486. The second-order valence-electron chi connectivity index (χ2n) is 6.01. The second kappa shape index (κ2) is 6.36. The Hall–Kier alpha value is -3.21. The number of carbonyl (C=O) groups excluding carboxylic acids is 1. The van der Waals surface area contributed by atoms with Crippen LogP contribution in [0.2, 0.25) is 0 Å². The van der Waals surface area contributed by atoms with Crippen LogP contribution in [0.25, 0.3) is 21.8 Å². The topological polar surface area (TPSA) is 59.0 Å². The number of aromatic nitrogens is 2. The Balaban J connectivity index is 1.43. The Labute approximate surface area is 145 Å². The molecular formula is C20H19N3O2. The van der Waals surface area contributed by atoms with Crippen molar-refractivity contribution in [3.63, 3.8) is 0 Å². The quantitative estimate of drug-likeness (QED) is 0.576. The molecule has 0 aliphatic carbocycles. The van der Waals surface area contributed by atoms with Crippen molar-refractivity contribution in [1.29, 1.82) is 0 Å². The first-order valence-electron chi connectivity index (χ1n) is 8.23. The van der Waals surface area contributed by atoms with E-state index in [0.717, 1.165) is 33.2 Å². The van der Waals surface area contributed by atoms with Crippen LogP contribution in [0.4, 0.5) is 5.69 Å². The van der Waals surface area contributed by atoms with E-state index in [2.05, 4.69) is 14.9 Å². The monoisotopic (exact) mass is 333 g/mol. The molecule has 0 bridgehead atoms. The van der Waals surface area contributed by atoms with Gasteiger partial charge in [0.2, 0.25) is 5.91 Å². The van der Waals surface area contributed by atoms with E-state index in [9.17, 15) is 4.79 Å². The van der Waals surface area contributed by atoms with Crippen LogP contribution in [-0.2, 0) is 11.3 Å². The standard InChI is InChI=1S/C20H19N3O2/c1-25-17-3-5-19-15(13-17)7-10-23(19)11-8-20(24)22-16-2-4-18-14(12-16)6-9-21-18/h2-7,9-10,12-13,21H,8,11H2,1H3,(H,22,24). The minimum Gasteiger partial charge on any atom is -0.497 e. The summed E-state index contributed by atoms with van der Waals surface area (Å²) in [6.45, 7) is 0.633. The summed E-state index contributed by atoms with van der Waals surface area (Å²) in [5.74, 6) is 0.841. The van der Waals surface area contributed by atoms with Gasteiger partial charge in [0.1, 0.15) is 5.75 Å². The maximum atomic E-state index is 12.3. The van der Waals surface area contributed by atoms with E-state index in [1.165, 1.54) is 0 Å². The first kappa shape index (κ1) is 15.3. The number of ether oxygens (including phenoxy) is 1. The molecular weight excluding hydrogens is 314 g/mol. The third-order valence-corrected chi connectivity index (χ3v) is 4.39. The minimum atomic E-state index is 0.00486. The normalized spacial score (nSPS) is 11.1. The van der Waals surface area contributed by atoms with Gasteiger partial charge in [0.05, 0.1) is 7.11 Å². The molecule has 2 aromatic heterocycles. The molecule has 25 heavy (non-hydrogen) atoms. The smallest absolute Gasteiger partial charge is 0.226 e. The van der Waals surface area contributed by atoms with Gasteiger partial charge in [-0.3, -0.25) is 4.79 Å². The fraction of sp³-hybridized carbons (Fsp3) is 0.150. The lowest BCUT2D eigenvalue weighted by Crippen LogP contribution is -2.14. The molecule has 0 fully saturated rings. The van der Waals surface area contributed by atoms with Crippen LogP contribution < -0.4 is 10.1 Å². The second-order valence-corrected chi connectivity index (χ2v) is 6.01. The molecule has 1 amide bonds. The van der Waals surface area contributed by atoms with Crippen molar-refractivity contribution in [2.24, 2.45) is 0 Å². The average Bonchev–Trinajstić information content (AvgIpc) is 3.25. The Morgan fingerprint density at radius 3 is 2.92 bits per heavy atom. The van der Waals surface area contributed by atoms with E-state index >= 15 is 0 Å². The lowest BCUT2D eigenvalue weighted by atomic mass is 10.2. The van der Waals surface area contributed by atoms with Crippen molar-refractivity contribution >= 4 is 33.4 Å². The number of H-pyrrole nitrogens is 1. The van der Waals surface area contributed by atoms with Crippen molar-refractivity contribution in [3.05, 3.63) is 60.9 Å². The summed E-state index contributed by atoms with van der Waals surface area (Å²) in [5.41, 5.74) is 2.98. The van der Waals surface area contributed by atoms with Crippen molar-refractivity contribution in [2.45, 2.75) is 13.0 Å². The molecule has 2 aromatic carbocycles. The van der Waals surface area contributed by atoms with E-state index in [1.807, 2.05) is 60.9 Å². The van der Waals surface area contributed by atoms with Crippen molar-refractivity contribution < 1.29 is 9.53 Å². The largest absolute Gasteiger partial charge is 0.497 e. The average molecular weight is 333 g/mol. The maximum absolute atomic E-state index is 12.3. The third-order valence-electron chi connectivity index (χ3n) is 4.39. The number of carbonyl (C=O) groups is 1. The molecule has 0 atom stereocenters. The highest BCUT2D eigenvalue weighted by Crippen LogP contribution is 2.22. The van der Waals surface area contributed by atoms with Crippen LogP contribution in [0.3, 0.4) is 0 Å². The van der Waals surface area contributed by atoms with Crippen LogP contribution in [-0.4, -0.2) is 22.6 Å². The first-order chi connectivity index (χ1) is 12.2. The Bertz CT molecular complexity index is 1050. The van der Waals surface area contributed by atoms with Gasteiger partial charge in [-0.2, -0.15) is 0 Å². The zero-order valence-electron chi connectivity index (χ0n) is 14.0. The highest BCUT2D eigenvalue weighted by molar-refractivity contribution is 5.93. The van der Waals surface area contributed by atoms with Gasteiger partial charge in [-0.25, -0.2) is 0 Å². The predicted molar refractivity (Wildman–Crippen MR) is 100 cm³/mol. The van der Waals surface area contributed by atoms with Crippen molar-refractivity contribution in [2.75, 3.05) is 12.4 Å². The molecule has 4 aromatic rings. The number of hydrogen-bond donors (Lipinski definition) is 2. The number of rotatable bonds is 5. The lowest BCUT2D eigenvalue weighted by Gasteiger charge is -2.08. The van der Waals surface area contributed by atoms with Crippen molar-refractivity contribution in [3.8, 4) is 5.75 Å². The molecule has 0 unspecified atom stereocenters. The Morgan fingerprint density at radius 1 is 1.12 bits per heavy atom. The first-order valence-corrected chi connectivity index (χ1v) is 8.23. The molecule has 5 heteroatoms. The van der Waals surface area contributed by atoms with Gasteiger partial charge in [-0.05, 0) is 48.5 Å². The van der Waals surface area contributed by atoms with Gasteiger partial charge < -0.3 is 19.6 Å². The van der Waals surface area contributed by atoms with Crippen LogP contribution >= 0.6 is 0 Å². The predicted octanol–water partition coefficient (Wildman–Crippen LogP) is 4.16. The summed E-state index contributed by atoms with van der Waals surface area (Å²) >= 11 is 0. The third kappa shape index (κ3) is 3.08. The highest BCUT2D eigenvalue weighted by Gasteiger charge is 2.07. The summed E-state index contributed by atoms with van der Waals surface area (Å²) in [4.78, 5) is 15.4.